The zero-order valence-corrected chi connectivity index (χ0v) is 16.4. The van der Waals surface area contributed by atoms with Gasteiger partial charge < -0.3 is 10.2 Å². The third-order valence-corrected chi connectivity index (χ3v) is 5.32. The molecule has 154 valence electrons. The fourth-order valence-electron chi connectivity index (χ4n) is 3.82. The first-order chi connectivity index (χ1) is 14.5. The van der Waals surface area contributed by atoms with Crippen LogP contribution in [0.4, 0.5) is 10.1 Å². The number of pyridine rings is 1. The molecule has 1 aromatic heterocycles. The van der Waals surface area contributed by atoms with E-state index in [2.05, 4.69) is 5.32 Å². The lowest BCUT2D eigenvalue weighted by atomic mass is 10.0. The van der Waals surface area contributed by atoms with Crippen molar-refractivity contribution >= 4 is 28.4 Å². The van der Waals surface area contributed by atoms with Crippen molar-refractivity contribution < 1.29 is 14.0 Å². The second-order valence-corrected chi connectivity index (χ2v) is 7.41. The van der Waals surface area contributed by atoms with Crippen molar-refractivity contribution in [2.75, 3.05) is 18.4 Å². The van der Waals surface area contributed by atoms with Gasteiger partial charge in [0.05, 0.1) is 11.1 Å². The van der Waals surface area contributed by atoms with E-state index in [1.165, 1.54) is 34.9 Å². The fourth-order valence-corrected chi connectivity index (χ4v) is 3.82. The number of nitrogens with zero attached hydrogens (tertiary/aromatic N) is 2. The number of carbonyl (C=O) groups is 2. The summed E-state index contributed by atoms with van der Waals surface area (Å²) in [6.45, 7) is 1.17. The minimum absolute atomic E-state index is 0.147. The highest BCUT2D eigenvalue weighted by Crippen LogP contribution is 2.21. The number of nitrogens with one attached hydrogen (secondary N) is 1. The van der Waals surface area contributed by atoms with Gasteiger partial charge in [-0.3, -0.25) is 19.0 Å². The summed E-state index contributed by atoms with van der Waals surface area (Å²) in [7, 11) is 0. The number of hydrogen-bond acceptors (Lipinski definition) is 3. The topological polar surface area (TPSA) is 71.4 Å². The van der Waals surface area contributed by atoms with E-state index in [4.69, 9.17) is 0 Å². The van der Waals surface area contributed by atoms with Crippen LogP contribution in [0.2, 0.25) is 0 Å². The van der Waals surface area contributed by atoms with Crippen molar-refractivity contribution in [2.45, 2.75) is 25.8 Å². The molecule has 6 nitrogen and oxygen atoms in total. The van der Waals surface area contributed by atoms with E-state index in [1.807, 2.05) is 6.07 Å². The molecule has 0 unspecified atom stereocenters. The highest BCUT2D eigenvalue weighted by atomic mass is 19.1. The van der Waals surface area contributed by atoms with Crippen molar-refractivity contribution in [3.05, 3.63) is 76.3 Å². The van der Waals surface area contributed by atoms with Crippen molar-refractivity contribution in [3.8, 4) is 0 Å². The molecule has 2 amide bonds. The van der Waals surface area contributed by atoms with E-state index < -0.39 is 17.3 Å². The minimum atomic E-state index is -0.414. The molecule has 1 N–H and O–H groups in total. The summed E-state index contributed by atoms with van der Waals surface area (Å²) >= 11 is 0. The van der Waals surface area contributed by atoms with E-state index >= 15 is 0 Å². The lowest BCUT2D eigenvalue weighted by molar-refractivity contribution is -0.116. The van der Waals surface area contributed by atoms with Crippen LogP contribution in [0, 0.1) is 5.82 Å². The standard InChI is InChI=1S/C23H22FN3O3/c24-16-8-10-17(11-9-16)25-21(28)15-27-20-7-3-2-6-18(20)19(14-22(27)29)23(30)26-12-4-1-5-13-26/h2-3,6-11,14H,1,4-5,12-13,15H2,(H,25,28). The van der Waals surface area contributed by atoms with Crippen LogP contribution in [0.25, 0.3) is 10.9 Å². The highest BCUT2D eigenvalue weighted by Gasteiger charge is 2.22. The molecule has 0 spiro atoms. The maximum absolute atomic E-state index is 13.0. The number of fused-ring (bicyclic) bond motifs is 1. The number of benzene rings is 2. The van der Waals surface area contributed by atoms with Crippen LogP contribution >= 0.6 is 0 Å². The normalized spacial score (nSPS) is 14.0. The minimum Gasteiger partial charge on any atom is -0.339 e. The van der Waals surface area contributed by atoms with Crippen molar-refractivity contribution in [2.24, 2.45) is 0 Å². The van der Waals surface area contributed by atoms with Crippen molar-refractivity contribution in [1.29, 1.82) is 0 Å². The molecule has 0 aliphatic carbocycles. The van der Waals surface area contributed by atoms with Gasteiger partial charge in [0.1, 0.15) is 12.4 Å². The average molecular weight is 407 g/mol. The van der Waals surface area contributed by atoms with Crippen molar-refractivity contribution in [1.82, 2.24) is 9.47 Å². The molecule has 2 aromatic carbocycles. The fraction of sp³-hybridized carbons (Fsp3) is 0.261. The predicted molar refractivity (Wildman–Crippen MR) is 113 cm³/mol. The molecule has 0 bridgehead atoms. The first kappa shape index (κ1) is 19.8. The van der Waals surface area contributed by atoms with Crippen LogP contribution < -0.4 is 10.9 Å². The summed E-state index contributed by atoms with van der Waals surface area (Å²) < 4.78 is 14.4. The molecule has 0 saturated carbocycles. The Hall–Kier alpha value is -3.48. The number of para-hydroxylation sites is 1. The van der Waals surface area contributed by atoms with Crippen LogP contribution in [0.5, 0.6) is 0 Å². The van der Waals surface area contributed by atoms with Crippen LogP contribution in [0.3, 0.4) is 0 Å². The van der Waals surface area contributed by atoms with Crippen LogP contribution in [-0.2, 0) is 11.3 Å². The molecule has 30 heavy (non-hydrogen) atoms. The molecule has 0 radical (unpaired) electrons. The Morgan fingerprint density at radius 3 is 2.40 bits per heavy atom. The summed E-state index contributed by atoms with van der Waals surface area (Å²) in [4.78, 5) is 40.1. The third-order valence-electron chi connectivity index (χ3n) is 5.32. The van der Waals surface area contributed by atoms with Gasteiger partial charge in [-0.05, 0) is 49.6 Å². The molecule has 3 aromatic rings. The van der Waals surface area contributed by atoms with E-state index in [0.717, 1.165) is 19.3 Å². The Morgan fingerprint density at radius 2 is 1.67 bits per heavy atom. The second kappa shape index (κ2) is 8.49. The number of anilines is 1. The van der Waals surface area contributed by atoms with E-state index in [9.17, 15) is 18.8 Å². The maximum Gasteiger partial charge on any atom is 0.254 e. The number of amides is 2. The highest BCUT2D eigenvalue weighted by molar-refractivity contribution is 6.06. The van der Waals surface area contributed by atoms with Gasteiger partial charge in [-0.25, -0.2) is 4.39 Å². The van der Waals surface area contributed by atoms with Gasteiger partial charge in [0.15, 0.2) is 0 Å². The first-order valence-corrected chi connectivity index (χ1v) is 10.0. The Morgan fingerprint density at radius 1 is 0.967 bits per heavy atom. The smallest absolute Gasteiger partial charge is 0.254 e. The van der Waals surface area contributed by atoms with Crippen molar-refractivity contribution in [3.63, 3.8) is 0 Å². The molecule has 0 atom stereocenters. The van der Waals surface area contributed by atoms with Gasteiger partial charge in [-0.1, -0.05) is 18.2 Å². The van der Waals surface area contributed by atoms with E-state index in [0.29, 0.717) is 35.2 Å². The predicted octanol–water partition coefficient (Wildman–Crippen LogP) is 3.41. The number of likely N-dealkylation sites (tertiary alicyclic amines) is 1. The lowest BCUT2D eigenvalue weighted by Gasteiger charge is -2.27. The second-order valence-electron chi connectivity index (χ2n) is 7.41. The largest absolute Gasteiger partial charge is 0.339 e. The number of halogens is 1. The first-order valence-electron chi connectivity index (χ1n) is 10.0. The summed E-state index contributed by atoms with van der Waals surface area (Å²) in [6, 6.07) is 13.8. The van der Waals surface area contributed by atoms with Gasteiger partial charge in [0.2, 0.25) is 5.91 Å². The Balaban J connectivity index is 1.65. The number of piperidine rings is 1. The third kappa shape index (κ3) is 4.10. The van der Waals surface area contributed by atoms with Crippen LogP contribution in [-0.4, -0.2) is 34.4 Å². The number of carbonyl (C=O) groups excluding carboxylic acids is 2. The van der Waals surface area contributed by atoms with E-state index in [1.54, 1.807) is 23.1 Å². The molecule has 4 rings (SSSR count). The zero-order valence-electron chi connectivity index (χ0n) is 16.4. The Kier molecular flexibility index (Phi) is 5.61. The lowest BCUT2D eigenvalue weighted by Crippen LogP contribution is -2.37. The number of rotatable bonds is 4. The molecule has 1 aliphatic rings. The van der Waals surface area contributed by atoms with Gasteiger partial charge in [-0.2, -0.15) is 0 Å². The molecule has 1 aliphatic heterocycles. The molecule has 1 saturated heterocycles. The summed E-state index contributed by atoms with van der Waals surface area (Å²) in [6.07, 6.45) is 3.03. The van der Waals surface area contributed by atoms with Gasteiger partial charge in [0.25, 0.3) is 11.5 Å². The van der Waals surface area contributed by atoms with Gasteiger partial charge in [-0.15, -0.1) is 0 Å². The molecule has 2 heterocycles. The maximum atomic E-state index is 13.0. The molecule has 1 fully saturated rings. The Bertz CT molecular complexity index is 1150. The van der Waals surface area contributed by atoms with Gasteiger partial charge >= 0.3 is 0 Å². The summed E-state index contributed by atoms with van der Waals surface area (Å²) in [5.41, 5.74) is 0.922. The average Bonchev–Trinajstić information content (AvgIpc) is 2.77. The monoisotopic (exact) mass is 407 g/mol. The van der Waals surface area contributed by atoms with Crippen LogP contribution in [0.15, 0.2) is 59.4 Å². The number of aromatic nitrogens is 1. The molecular weight excluding hydrogens is 385 g/mol. The van der Waals surface area contributed by atoms with Crippen LogP contribution in [0.1, 0.15) is 29.6 Å². The van der Waals surface area contributed by atoms with Gasteiger partial charge in [0, 0.05) is 30.2 Å². The SMILES string of the molecule is O=C(Cn1c(=O)cc(C(=O)N2CCCCC2)c2ccccc21)Nc1ccc(F)cc1. The van der Waals surface area contributed by atoms with E-state index in [-0.39, 0.29) is 12.5 Å². The zero-order chi connectivity index (χ0) is 21.1. The molecule has 7 heteroatoms. The Labute approximate surface area is 172 Å². The quantitative estimate of drug-likeness (QED) is 0.721. The summed E-state index contributed by atoms with van der Waals surface area (Å²) in [5.74, 6) is -0.959. The molecular formula is C23H22FN3O3. The number of hydrogen-bond donors (Lipinski definition) is 1. The summed E-state index contributed by atoms with van der Waals surface area (Å²) in [5, 5.41) is 3.30.